The summed E-state index contributed by atoms with van der Waals surface area (Å²) in [7, 11) is 0. The van der Waals surface area contributed by atoms with Gasteiger partial charge >= 0.3 is 0 Å². The lowest BCUT2D eigenvalue weighted by atomic mass is 9.93. The number of carbonyl (C=O) groups excluding carboxylic acids is 1. The number of aryl methyl sites for hydroxylation is 1. The number of benzene rings is 2. The molecule has 2 aromatic carbocycles. The zero-order chi connectivity index (χ0) is 21.1. The second kappa shape index (κ2) is 8.53. The summed E-state index contributed by atoms with van der Waals surface area (Å²) in [6.07, 6.45) is 2.45. The van der Waals surface area contributed by atoms with E-state index in [1.165, 1.54) is 12.1 Å². The van der Waals surface area contributed by atoms with Gasteiger partial charge in [0.25, 0.3) is 5.91 Å². The highest BCUT2D eigenvalue weighted by Crippen LogP contribution is 2.31. The maximum Gasteiger partial charge on any atom is 0.294 e. The van der Waals surface area contributed by atoms with E-state index in [1.54, 1.807) is 17.0 Å². The van der Waals surface area contributed by atoms with Gasteiger partial charge < -0.3 is 9.32 Å². The van der Waals surface area contributed by atoms with Crippen LogP contribution in [0.25, 0.3) is 0 Å². The third-order valence-corrected chi connectivity index (χ3v) is 5.31. The van der Waals surface area contributed by atoms with Gasteiger partial charge in [-0.05, 0) is 63.1 Å². The summed E-state index contributed by atoms with van der Waals surface area (Å²) in [5.41, 5.74) is 7.10. The zero-order valence-corrected chi connectivity index (χ0v) is 17.1. The van der Waals surface area contributed by atoms with E-state index in [2.05, 4.69) is 10.5 Å². The molecule has 3 aromatic rings. The molecule has 5 nitrogen and oxygen atoms in total. The molecule has 0 bridgehead atoms. The summed E-state index contributed by atoms with van der Waals surface area (Å²) in [5, 5.41) is 4.54. The van der Waals surface area contributed by atoms with Gasteiger partial charge in [0.15, 0.2) is 5.76 Å². The molecule has 0 fully saturated rings. The minimum atomic E-state index is -0.291. The first-order valence-electron chi connectivity index (χ1n) is 10.2. The number of carbonyl (C=O) groups is 1. The van der Waals surface area contributed by atoms with E-state index >= 15 is 0 Å². The predicted octanol–water partition coefficient (Wildman–Crippen LogP) is 5.55. The number of nitrogens with one attached hydrogen (secondary N) is 1. The minimum Gasteiger partial charge on any atom is -0.455 e. The van der Waals surface area contributed by atoms with Gasteiger partial charge in [0.2, 0.25) is 0 Å². The molecule has 0 spiro atoms. The van der Waals surface area contributed by atoms with Gasteiger partial charge in [-0.2, -0.15) is 5.10 Å². The molecule has 1 heterocycles. The molecule has 30 heavy (non-hydrogen) atoms. The van der Waals surface area contributed by atoms with Crippen LogP contribution < -0.4 is 10.3 Å². The number of hydrogen-bond donors (Lipinski definition) is 1. The second-order valence-corrected chi connectivity index (χ2v) is 7.27. The monoisotopic (exact) mass is 405 g/mol. The van der Waals surface area contributed by atoms with Crippen molar-refractivity contribution in [1.29, 1.82) is 0 Å². The van der Waals surface area contributed by atoms with Crippen LogP contribution in [-0.2, 0) is 6.42 Å². The van der Waals surface area contributed by atoms with E-state index < -0.39 is 0 Å². The first-order valence-corrected chi connectivity index (χ1v) is 10.2. The topological polar surface area (TPSA) is 57.8 Å². The number of halogens is 1. The maximum atomic E-state index is 13.3. The molecular formula is C24H24FN3O2. The smallest absolute Gasteiger partial charge is 0.294 e. The molecule has 154 valence electrons. The lowest BCUT2D eigenvalue weighted by Crippen LogP contribution is -2.30. The summed E-state index contributed by atoms with van der Waals surface area (Å²) in [5.74, 6) is 0.718. The third kappa shape index (κ3) is 3.85. The van der Waals surface area contributed by atoms with E-state index in [1.807, 2.05) is 44.2 Å². The molecule has 0 saturated heterocycles. The van der Waals surface area contributed by atoms with Gasteiger partial charge in [-0.15, -0.1) is 0 Å². The van der Waals surface area contributed by atoms with E-state index in [0.717, 1.165) is 47.5 Å². The van der Waals surface area contributed by atoms with Gasteiger partial charge in [0.05, 0.1) is 11.4 Å². The van der Waals surface area contributed by atoms with Crippen LogP contribution in [0.5, 0.6) is 0 Å². The van der Waals surface area contributed by atoms with Crippen molar-refractivity contribution in [3.8, 4) is 0 Å². The number of anilines is 2. The number of fused-ring (bicyclic) bond motifs is 1. The molecule has 0 unspecified atom stereocenters. The summed E-state index contributed by atoms with van der Waals surface area (Å²) in [6.45, 7) is 4.40. The third-order valence-electron chi connectivity index (χ3n) is 5.31. The van der Waals surface area contributed by atoms with Crippen molar-refractivity contribution in [2.24, 2.45) is 5.10 Å². The van der Waals surface area contributed by atoms with E-state index in [0.29, 0.717) is 18.0 Å². The Morgan fingerprint density at radius 3 is 2.57 bits per heavy atom. The van der Waals surface area contributed by atoms with Crippen molar-refractivity contribution in [1.82, 2.24) is 0 Å². The van der Waals surface area contributed by atoms with Crippen LogP contribution in [0.1, 0.15) is 47.2 Å². The maximum absolute atomic E-state index is 13.3. The molecule has 1 aliphatic rings. The van der Waals surface area contributed by atoms with Crippen LogP contribution in [0.4, 0.5) is 15.8 Å². The fourth-order valence-corrected chi connectivity index (χ4v) is 3.81. The molecule has 0 radical (unpaired) electrons. The number of nitrogens with zero attached hydrogens (tertiary/aromatic N) is 2. The second-order valence-electron chi connectivity index (χ2n) is 7.27. The van der Waals surface area contributed by atoms with Crippen LogP contribution in [0.3, 0.4) is 0 Å². The Kier molecular flexibility index (Phi) is 5.65. The largest absolute Gasteiger partial charge is 0.455 e. The van der Waals surface area contributed by atoms with Gasteiger partial charge in [0, 0.05) is 29.8 Å². The summed E-state index contributed by atoms with van der Waals surface area (Å²) < 4.78 is 19.2. The Bertz CT molecular complexity index is 1070. The Hall–Kier alpha value is -3.41. The van der Waals surface area contributed by atoms with Crippen LogP contribution in [0.2, 0.25) is 0 Å². The van der Waals surface area contributed by atoms with E-state index in [4.69, 9.17) is 4.42 Å². The number of hydrazone groups is 1. The molecular weight excluding hydrogens is 381 g/mol. The van der Waals surface area contributed by atoms with Crippen molar-refractivity contribution in [3.63, 3.8) is 0 Å². The highest BCUT2D eigenvalue weighted by atomic mass is 19.1. The molecule has 0 aliphatic heterocycles. The molecule has 1 aliphatic carbocycles. The van der Waals surface area contributed by atoms with Crippen molar-refractivity contribution < 1.29 is 13.6 Å². The van der Waals surface area contributed by atoms with Gasteiger partial charge in [-0.25, -0.2) is 4.39 Å². The molecule has 4 rings (SSSR count). The van der Waals surface area contributed by atoms with E-state index in [-0.39, 0.29) is 11.7 Å². The predicted molar refractivity (Wildman–Crippen MR) is 117 cm³/mol. The summed E-state index contributed by atoms with van der Waals surface area (Å²) in [6, 6.07) is 15.6. The normalized spacial score (nSPS) is 14.4. The molecule has 0 saturated carbocycles. The summed E-state index contributed by atoms with van der Waals surface area (Å²) >= 11 is 0. The number of amides is 1. The highest BCUT2D eigenvalue weighted by Gasteiger charge is 2.30. The van der Waals surface area contributed by atoms with Gasteiger partial charge in [-0.1, -0.05) is 18.2 Å². The molecule has 1 N–H and O–H groups in total. The Balaban J connectivity index is 1.65. The Labute approximate surface area is 175 Å². The van der Waals surface area contributed by atoms with Crippen molar-refractivity contribution in [2.45, 2.75) is 33.1 Å². The van der Waals surface area contributed by atoms with Crippen LogP contribution >= 0.6 is 0 Å². The minimum absolute atomic E-state index is 0.151. The van der Waals surface area contributed by atoms with Crippen molar-refractivity contribution in [2.75, 3.05) is 16.9 Å². The number of para-hydroxylation sites is 1. The first-order chi connectivity index (χ1) is 14.6. The van der Waals surface area contributed by atoms with Gasteiger partial charge in [0.1, 0.15) is 11.6 Å². The molecule has 1 amide bonds. The number of hydrogen-bond acceptors (Lipinski definition) is 4. The molecule has 0 atom stereocenters. The SMILES string of the molecule is CCN(C(=O)c1oc2c(c1C)/C(=N/Nc1ccc(F)cc1)CCC2)c1ccccc1. The average Bonchev–Trinajstić information content (AvgIpc) is 3.12. The number of furan rings is 1. The van der Waals surface area contributed by atoms with E-state index in [9.17, 15) is 9.18 Å². The summed E-state index contributed by atoms with van der Waals surface area (Å²) in [4.78, 5) is 15.0. The number of rotatable bonds is 5. The first kappa shape index (κ1) is 19.9. The fourth-order valence-electron chi connectivity index (χ4n) is 3.81. The van der Waals surface area contributed by atoms with Crippen molar-refractivity contribution >= 4 is 23.0 Å². The molecule has 1 aromatic heterocycles. The van der Waals surface area contributed by atoms with Crippen LogP contribution in [0, 0.1) is 12.7 Å². The zero-order valence-electron chi connectivity index (χ0n) is 17.1. The van der Waals surface area contributed by atoms with Gasteiger partial charge in [-0.3, -0.25) is 10.2 Å². The Morgan fingerprint density at radius 1 is 1.13 bits per heavy atom. The van der Waals surface area contributed by atoms with Crippen LogP contribution in [-0.4, -0.2) is 18.2 Å². The highest BCUT2D eigenvalue weighted by molar-refractivity contribution is 6.10. The lowest BCUT2D eigenvalue weighted by molar-refractivity contribution is 0.0959. The fraction of sp³-hybridized carbons (Fsp3) is 0.250. The van der Waals surface area contributed by atoms with Crippen molar-refractivity contribution in [3.05, 3.63) is 83.1 Å². The Morgan fingerprint density at radius 2 is 1.87 bits per heavy atom. The molecule has 6 heteroatoms. The quantitative estimate of drug-likeness (QED) is 0.567. The van der Waals surface area contributed by atoms with Crippen LogP contribution in [0.15, 0.2) is 64.1 Å². The average molecular weight is 405 g/mol. The lowest BCUT2D eigenvalue weighted by Gasteiger charge is -2.20. The standard InChI is InChI=1S/C24H24FN3O2/c1-3-28(19-8-5-4-6-9-19)24(29)23-16(2)22-20(10-7-11-21(22)30-23)27-26-18-14-12-17(25)13-15-18/h4-6,8-9,12-15,26H,3,7,10-11H2,1-2H3/b27-20+.